The number of nitrogens with zero attached hydrogens (tertiary/aromatic N) is 3. The van der Waals surface area contributed by atoms with Gasteiger partial charge < -0.3 is 4.55 Å². The molecule has 0 bridgehead atoms. The molecule has 0 saturated heterocycles. The van der Waals surface area contributed by atoms with Crippen molar-refractivity contribution in [3.8, 4) is 0 Å². The van der Waals surface area contributed by atoms with Crippen molar-refractivity contribution in [2.75, 3.05) is 12.1 Å². The molecule has 1 unspecified atom stereocenters. The molecule has 0 aliphatic carbocycles. The Kier molecular flexibility index (Phi) is 3.29. The highest BCUT2D eigenvalue weighted by atomic mass is 32.2. The average molecular weight is 202 g/mol. The number of hydrogen-bond acceptors (Lipinski definition) is 6. The fourth-order valence-electron chi connectivity index (χ4n) is 0.673. The molecule has 0 spiro atoms. The zero-order valence-corrected chi connectivity index (χ0v) is 7.95. The van der Waals surface area contributed by atoms with Crippen LogP contribution in [0, 0.1) is 6.92 Å². The maximum atomic E-state index is 10.1. The van der Waals surface area contributed by atoms with Crippen molar-refractivity contribution in [3.63, 3.8) is 0 Å². The second-order valence-corrected chi connectivity index (χ2v) is 2.89. The summed E-state index contributed by atoms with van der Waals surface area (Å²) in [6.45, 7) is 1.83. The van der Waals surface area contributed by atoms with Crippen LogP contribution in [0.3, 0.4) is 0 Å². The molecule has 1 heterocycles. The molecule has 1 aromatic heterocycles. The molecule has 72 valence electrons. The molecule has 0 saturated carbocycles. The van der Waals surface area contributed by atoms with E-state index < -0.39 is 11.4 Å². The SMILES string of the molecule is Cc1cnc(N(C)OS(=O)[O-])nc1. The molecule has 6 nitrogen and oxygen atoms in total. The summed E-state index contributed by atoms with van der Waals surface area (Å²) in [6.07, 6.45) is 3.13. The van der Waals surface area contributed by atoms with Crippen LogP contribution in [0.2, 0.25) is 0 Å². The van der Waals surface area contributed by atoms with Gasteiger partial charge in [0.1, 0.15) is 11.4 Å². The lowest BCUT2D eigenvalue weighted by Gasteiger charge is -2.16. The fourth-order valence-corrected chi connectivity index (χ4v) is 0.922. The number of rotatable bonds is 3. The lowest BCUT2D eigenvalue weighted by atomic mass is 10.4. The Morgan fingerprint density at radius 3 is 2.54 bits per heavy atom. The monoisotopic (exact) mass is 202 g/mol. The second-order valence-electron chi connectivity index (χ2n) is 2.34. The molecule has 0 amide bonds. The van der Waals surface area contributed by atoms with E-state index in [0.717, 1.165) is 10.6 Å². The van der Waals surface area contributed by atoms with Crippen LogP contribution in [0.15, 0.2) is 12.4 Å². The van der Waals surface area contributed by atoms with Gasteiger partial charge >= 0.3 is 0 Å². The Bertz CT molecular complexity index is 302. The van der Waals surface area contributed by atoms with Gasteiger partial charge in [-0.1, -0.05) is 0 Å². The predicted octanol–water partition coefficient (Wildman–Crippen LogP) is -0.0531. The molecule has 0 aromatic carbocycles. The number of aryl methyl sites for hydroxylation is 1. The molecule has 13 heavy (non-hydrogen) atoms. The van der Waals surface area contributed by atoms with E-state index in [9.17, 15) is 8.76 Å². The van der Waals surface area contributed by atoms with E-state index in [4.69, 9.17) is 0 Å². The summed E-state index contributed by atoms with van der Waals surface area (Å²) in [4.78, 5) is 7.70. The molecule has 0 aliphatic heterocycles. The van der Waals surface area contributed by atoms with E-state index in [1.807, 2.05) is 6.92 Å². The van der Waals surface area contributed by atoms with Crippen LogP contribution < -0.4 is 5.06 Å². The number of anilines is 1. The molecule has 1 atom stereocenters. The summed E-state index contributed by atoms with van der Waals surface area (Å²) >= 11 is -2.61. The molecule has 0 fully saturated rings. The largest absolute Gasteiger partial charge is 0.748 e. The highest BCUT2D eigenvalue weighted by Crippen LogP contribution is 2.04. The third kappa shape index (κ3) is 3.05. The summed E-state index contributed by atoms with van der Waals surface area (Å²) in [6, 6.07) is 0. The molecule has 0 radical (unpaired) electrons. The van der Waals surface area contributed by atoms with E-state index in [-0.39, 0.29) is 5.95 Å². The van der Waals surface area contributed by atoms with Crippen molar-refractivity contribution in [2.24, 2.45) is 0 Å². The van der Waals surface area contributed by atoms with Gasteiger partial charge in [-0.05, 0) is 12.5 Å². The molecule has 7 heteroatoms. The van der Waals surface area contributed by atoms with Crippen LogP contribution in [0.5, 0.6) is 0 Å². The minimum Gasteiger partial charge on any atom is -0.748 e. The molecular formula is C6H8N3O3S-. The zero-order valence-electron chi connectivity index (χ0n) is 7.13. The maximum absolute atomic E-state index is 10.1. The molecule has 0 N–H and O–H groups in total. The number of hydroxylamine groups is 1. The van der Waals surface area contributed by atoms with Crippen molar-refractivity contribution in [3.05, 3.63) is 18.0 Å². The Hall–Kier alpha value is -1.05. The van der Waals surface area contributed by atoms with Crippen LogP contribution in [-0.2, 0) is 15.6 Å². The van der Waals surface area contributed by atoms with Gasteiger partial charge in [0.05, 0.1) is 0 Å². The summed E-state index contributed by atoms with van der Waals surface area (Å²) in [5, 5.41) is 0.961. The van der Waals surface area contributed by atoms with Crippen molar-refractivity contribution in [1.29, 1.82) is 0 Å². The first-order chi connectivity index (χ1) is 6.09. The van der Waals surface area contributed by atoms with Crippen LogP contribution >= 0.6 is 0 Å². The quantitative estimate of drug-likeness (QED) is 0.505. The predicted molar refractivity (Wildman–Crippen MR) is 45.2 cm³/mol. The lowest BCUT2D eigenvalue weighted by molar-refractivity contribution is 0.283. The van der Waals surface area contributed by atoms with E-state index in [2.05, 4.69) is 14.3 Å². The first-order valence-corrected chi connectivity index (χ1v) is 4.39. The van der Waals surface area contributed by atoms with Crippen LogP contribution in [0.25, 0.3) is 0 Å². The Balaban J connectivity index is 2.71. The van der Waals surface area contributed by atoms with Gasteiger partial charge in [0, 0.05) is 19.4 Å². The topological polar surface area (TPSA) is 78.4 Å². The van der Waals surface area contributed by atoms with Gasteiger partial charge in [0.25, 0.3) is 0 Å². The molecular weight excluding hydrogens is 194 g/mol. The van der Waals surface area contributed by atoms with Crippen molar-refractivity contribution in [1.82, 2.24) is 9.97 Å². The highest BCUT2D eigenvalue weighted by molar-refractivity contribution is 7.74. The molecule has 1 aromatic rings. The van der Waals surface area contributed by atoms with Gasteiger partial charge in [0.2, 0.25) is 5.95 Å². The summed E-state index contributed by atoms with van der Waals surface area (Å²) < 4.78 is 24.6. The van der Waals surface area contributed by atoms with Gasteiger partial charge in [-0.15, -0.1) is 0 Å². The van der Waals surface area contributed by atoms with E-state index in [0.29, 0.717) is 0 Å². The van der Waals surface area contributed by atoms with Crippen molar-refractivity contribution >= 4 is 17.3 Å². The normalized spacial score (nSPS) is 12.5. The Labute approximate surface area is 78.0 Å². The van der Waals surface area contributed by atoms with Gasteiger partial charge in [-0.2, -0.15) is 4.28 Å². The molecule has 0 aliphatic rings. The van der Waals surface area contributed by atoms with Crippen LogP contribution in [0.1, 0.15) is 5.56 Å². The maximum Gasteiger partial charge on any atom is 0.250 e. The number of hydrogen-bond donors (Lipinski definition) is 0. The van der Waals surface area contributed by atoms with Gasteiger partial charge in [0.15, 0.2) is 0 Å². The van der Waals surface area contributed by atoms with Crippen LogP contribution in [0.4, 0.5) is 5.95 Å². The smallest absolute Gasteiger partial charge is 0.250 e. The van der Waals surface area contributed by atoms with E-state index in [1.165, 1.54) is 7.05 Å². The van der Waals surface area contributed by atoms with Crippen molar-refractivity contribution in [2.45, 2.75) is 6.92 Å². The highest BCUT2D eigenvalue weighted by Gasteiger charge is 2.03. The minimum absolute atomic E-state index is 0.190. The van der Waals surface area contributed by atoms with Gasteiger partial charge in [-0.25, -0.2) is 19.2 Å². The third-order valence-corrected chi connectivity index (χ3v) is 1.57. The standard InChI is InChI=1S/C6H9N3O3S/c1-5-3-7-6(8-4-5)9(2)12-13(10)11/h3-4H,1-2H3,(H,10,11)/p-1. The van der Waals surface area contributed by atoms with Gasteiger partial charge in [-0.3, -0.25) is 0 Å². The second kappa shape index (κ2) is 4.26. The Morgan fingerprint density at radius 1 is 1.54 bits per heavy atom. The van der Waals surface area contributed by atoms with Crippen LogP contribution in [-0.4, -0.2) is 25.8 Å². The first-order valence-electron chi connectivity index (χ1n) is 3.39. The summed E-state index contributed by atoms with van der Waals surface area (Å²) in [7, 11) is 1.40. The Morgan fingerprint density at radius 2 is 2.08 bits per heavy atom. The van der Waals surface area contributed by atoms with E-state index in [1.54, 1.807) is 12.4 Å². The lowest BCUT2D eigenvalue weighted by Crippen LogP contribution is -2.21. The fraction of sp³-hybridized carbons (Fsp3) is 0.333. The average Bonchev–Trinajstić information content (AvgIpc) is 2.04. The first kappa shape index (κ1) is 10.0. The minimum atomic E-state index is -2.61. The summed E-state index contributed by atoms with van der Waals surface area (Å²) in [5.74, 6) is 0.190. The number of aromatic nitrogens is 2. The molecule has 1 rings (SSSR count). The van der Waals surface area contributed by atoms with E-state index >= 15 is 0 Å². The third-order valence-electron chi connectivity index (χ3n) is 1.22. The van der Waals surface area contributed by atoms with Crippen molar-refractivity contribution < 1.29 is 13.0 Å². The zero-order chi connectivity index (χ0) is 9.84. The summed E-state index contributed by atoms with van der Waals surface area (Å²) in [5.41, 5.74) is 0.889.